The quantitative estimate of drug-likeness (QED) is 0.473. The van der Waals surface area contributed by atoms with Crippen molar-refractivity contribution in [1.29, 1.82) is 0 Å². The van der Waals surface area contributed by atoms with Crippen LogP contribution in [-0.2, 0) is 4.84 Å². The van der Waals surface area contributed by atoms with Gasteiger partial charge in [0.1, 0.15) is 0 Å². The summed E-state index contributed by atoms with van der Waals surface area (Å²) in [5.74, 6) is 3.89. The molecule has 19 heavy (non-hydrogen) atoms. The summed E-state index contributed by atoms with van der Waals surface area (Å²) >= 11 is 0. The summed E-state index contributed by atoms with van der Waals surface area (Å²) < 4.78 is 0. The molecule has 0 atom stereocenters. The van der Waals surface area contributed by atoms with Gasteiger partial charge in [0.05, 0.1) is 16.1 Å². The van der Waals surface area contributed by atoms with Gasteiger partial charge in [-0.2, -0.15) is 5.90 Å². The fraction of sp³-hybridized carbons (Fsp3) is 0.364. The molecule has 7 nitrogen and oxygen atoms in total. The van der Waals surface area contributed by atoms with E-state index in [1.165, 1.54) is 24.3 Å². The third-order valence-corrected chi connectivity index (χ3v) is 1.42. The van der Waals surface area contributed by atoms with Gasteiger partial charge >= 0.3 is 57.4 Å². The van der Waals surface area contributed by atoms with Crippen molar-refractivity contribution < 1.29 is 19.7 Å². The summed E-state index contributed by atoms with van der Waals surface area (Å²) in [6, 6.07) is 4.94. The number of nitro groups is 1. The molecule has 0 aliphatic rings. The zero-order valence-electron chi connectivity index (χ0n) is 10.4. The number of aliphatic hydroxyl groups is 1. The van der Waals surface area contributed by atoms with Gasteiger partial charge in [-0.05, 0) is 32.9 Å². The van der Waals surface area contributed by atoms with Crippen LogP contribution in [0.15, 0.2) is 24.3 Å². The Bertz CT molecular complexity index is 408. The van der Waals surface area contributed by atoms with Crippen LogP contribution in [0.4, 0.5) is 5.69 Å². The zero-order valence-corrected chi connectivity index (χ0v) is 10.4. The van der Waals surface area contributed by atoms with Gasteiger partial charge in [-0.15, -0.1) is 0 Å². The van der Waals surface area contributed by atoms with Crippen LogP contribution in [-0.4, -0.2) is 73.0 Å². The summed E-state index contributed by atoms with van der Waals surface area (Å²) in [7, 11) is 0. The van der Waals surface area contributed by atoms with Gasteiger partial charge in [0, 0.05) is 12.1 Å². The topological polar surface area (TPSA) is 116 Å². The van der Waals surface area contributed by atoms with Crippen molar-refractivity contribution in [2.75, 3.05) is 0 Å². The maximum atomic E-state index is 10.8. The van der Waals surface area contributed by atoms with Crippen LogP contribution in [0.5, 0.6) is 0 Å². The Kier molecular flexibility index (Phi) is 10.5. The van der Waals surface area contributed by atoms with E-state index < -0.39 is 16.5 Å². The second kappa shape index (κ2) is 9.53. The van der Waals surface area contributed by atoms with E-state index in [0.29, 0.717) is 0 Å². The monoisotopic (exact) mass is 296 g/mol. The summed E-state index contributed by atoms with van der Waals surface area (Å²) in [4.78, 5) is 24.4. The third-order valence-electron chi connectivity index (χ3n) is 1.42. The van der Waals surface area contributed by atoms with E-state index in [4.69, 9.17) is 5.11 Å². The van der Waals surface area contributed by atoms with Gasteiger partial charge in [-0.25, -0.2) is 4.79 Å². The number of rotatable bonds is 2. The molecule has 1 aromatic carbocycles. The Morgan fingerprint density at radius 3 is 1.95 bits per heavy atom. The number of nitrogens with two attached hydrogens (primary N) is 1. The second-order valence-corrected chi connectivity index (χ2v) is 4.38. The first kappa shape index (κ1) is 21.0. The van der Waals surface area contributed by atoms with Crippen LogP contribution in [0.2, 0.25) is 0 Å². The number of nitrogens with zero attached hydrogens (tertiary/aromatic N) is 1. The molecule has 0 bridgehead atoms. The average molecular weight is 296 g/mol. The molecule has 0 unspecified atom stereocenters. The normalized spacial score (nSPS) is 9.53. The Labute approximate surface area is 153 Å². The molecule has 0 saturated carbocycles. The van der Waals surface area contributed by atoms with Gasteiger partial charge in [0.2, 0.25) is 0 Å². The number of benzene rings is 1. The van der Waals surface area contributed by atoms with E-state index in [1.807, 2.05) is 0 Å². The molecule has 1 rings (SSSR count). The second-order valence-electron chi connectivity index (χ2n) is 4.38. The molecular formula is C11H17KN2O5. The minimum atomic E-state index is -0.727. The molecule has 0 aliphatic heterocycles. The van der Waals surface area contributed by atoms with Crippen molar-refractivity contribution >= 4 is 63.0 Å². The van der Waals surface area contributed by atoms with E-state index in [0.717, 1.165) is 0 Å². The summed E-state index contributed by atoms with van der Waals surface area (Å²) in [6.45, 7) is 5.23. The Balaban J connectivity index is 0. The number of hydrogen-bond acceptors (Lipinski definition) is 6. The predicted octanol–water partition coefficient (Wildman–Crippen LogP) is 0.754. The first-order chi connectivity index (χ1) is 8.15. The molecule has 8 heteroatoms. The first-order valence-corrected chi connectivity index (χ1v) is 5.03. The number of carbonyl (C=O) groups excluding carboxylic acids is 1. The van der Waals surface area contributed by atoms with Crippen molar-refractivity contribution in [2.24, 2.45) is 5.90 Å². The van der Waals surface area contributed by atoms with Crippen LogP contribution in [0.3, 0.4) is 0 Å². The molecule has 0 heterocycles. The predicted molar refractivity (Wildman–Crippen MR) is 71.8 cm³/mol. The Hall–Kier alpha value is -0.354. The van der Waals surface area contributed by atoms with E-state index in [-0.39, 0.29) is 62.6 Å². The van der Waals surface area contributed by atoms with Crippen molar-refractivity contribution in [3.8, 4) is 0 Å². The fourth-order valence-corrected chi connectivity index (χ4v) is 0.787. The SMILES string of the molecule is CC(C)(C)O.NOC(=O)c1ccc([N+](=O)[O-])cc1.[KH]. The van der Waals surface area contributed by atoms with Gasteiger partial charge in [-0.3, -0.25) is 10.1 Å². The van der Waals surface area contributed by atoms with Gasteiger partial charge in [0.25, 0.3) is 5.69 Å². The van der Waals surface area contributed by atoms with E-state index in [2.05, 4.69) is 10.7 Å². The molecular weight excluding hydrogens is 279 g/mol. The molecule has 0 aromatic heterocycles. The first-order valence-electron chi connectivity index (χ1n) is 5.03. The molecule has 0 fully saturated rings. The van der Waals surface area contributed by atoms with Crippen LogP contribution in [0.1, 0.15) is 31.1 Å². The fourth-order valence-electron chi connectivity index (χ4n) is 0.787. The van der Waals surface area contributed by atoms with Crippen molar-refractivity contribution in [1.82, 2.24) is 0 Å². The van der Waals surface area contributed by atoms with Crippen molar-refractivity contribution in [3.05, 3.63) is 39.9 Å². The van der Waals surface area contributed by atoms with Crippen LogP contribution >= 0.6 is 0 Å². The zero-order chi connectivity index (χ0) is 14.3. The molecule has 0 amide bonds. The van der Waals surface area contributed by atoms with E-state index in [1.54, 1.807) is 20.8 Å². The third kappa shape index (κ3) is 11.2. The van der Waals surface area contributed by atoms with E-state index >= 15 is 0 Å². The standard InChI is InChI=1S/C7H6N2O4.C4H10O.K.H/c8-13-7(10)5-1-3-6(4-2-5)9(11)12;1-4(2,3)5;;/h1-4H,8H2;5H,1-3H3;;. The van der Waals surface area contributed by atoms with Crippen LogP contribution in [0, 0.1) is 10.1 Å². The molecule has 102 valence electrons. The summed E-state index contributed by atoms with van der Waals surface area (Å²) in [6.07, 6.45) is 0. The molecule has 0 saturated heterocycles. The minimum absolute atomic E-state index is 0. The van der Waals surface area contributed by atoms with Crippen molar-refractivity contribution in [2.45, 2.75) is 26.4 Å². The molecule has 3 N–H and O–H groups in total. The van der Waals surface area contributed by atoms with Gasteiger partial charge in [-0.1, -0.05) is 0 Å². The van der Waals surface area contributed by atoms with Crippen LogP contribution in [0.25, 0.3) is 0 Å². The number of carbonyl (C=O) groups is 1. The van der Waals surface area contributed by atoms with E-state index in [9.17, 15) is 14.9 Å². The summed E-state index contributed by atoms with van der Waals surface area (Å²) in [5.41, 5.74) is -0.415. The van der Waals surface area contributed by atoms with Crippen LogP contribution < -0.4 is 5.90 Å². The Morgan fingerprint density at radius 1 is 1.32 bits per heavy atom. The van der Waals surface area contributed by atoms with Gasteiger partial charge < -0.3 is 9.94 Å². The Morgan fingerprint density at radius 2 is 1.68 bits per heavy atom. The molecule has 0 aliphatic carbocycles. The number of nitro benzene ring substituents is 1. The van der Waals surface area contributed by atoms with Crippen molar-refractivity contribution in [3.63, 3.8) is 0 Å². The number of hydrogen-bond donors (Lipinski definition) is 2. The summed E-state index contributed by atoms with van der Waals surface area (Å²) in [5, 5.41) is 18.7. The maximum absolute atomic E-state index is 10.8. The molecule has 0 spiro atoms. The number of non-ortho nitro benzene ring substituents is 1. The molecule has 0 radical (unpaired) electrons. The average Bonchev–Trinajstić information content (AvgIpc) is 2.26. The van der Waals surface area contributed by atoms with Gasteiger partial charge in [0.15, 0.2) is 0 Å². The molecule has 1 aromatic rings.